The van der Waals surface area contributed by atoms with Gasteiger partial charge in [0.15, 0.2) is 0 Å². The summed E-state index contributed by atoms with van der Waals surface area (Å²) in [6, 6.07) is 0. The number of unbranched alkanes of at least 4 members (excludes halogenated alkanes) is 2. The largest absolute Gasteiger partial charge is 0.469 e. The number of aliphatic hydroxyl groups excluding tert-OH is 1. The third-order valence-corrected chi connectivity index (χ3v) is 16.2. The first-order valence-corrected chi connectivity index (χ1v) is 22.1. The van der Waals surface area contributed by atoms with Gasteiger partial charge in [-0.05, 0) is 37.5 Å². The molecule has 0 spiro atoms. The number of methoxy groups -OCH3 is 5. The Morgan fingerprint density at radius 1 is 0.677 bits per heavy atom. The van der Waals surface area contributed by atoms with E-state index in [0.717, 1.165) is 19.3 Å². The third kappa shape index (κ3) is 12.2. The van der Waals surface area contributed by atoms with E-state index in [9.17, 15) is 24.3 Å². The molecular weight excluding hydrogens is 801 g/mol. The van der Waals surface area contributed by atoms with Gasteiger partial charge in [0.1, 0.15) is 12.7 Å². The maximum absolute atomic E-state index is 13.1. The predicted octanol–water partition coefficient (Wildman–Crippen LogP) is 7.69. The lowest BCUT2D eigenvalue weighted by molar-refractivity contribution is -0.322. The summed E-state index contributed by atoms with van der Waals surface area (Å²) in [6.07, 6.45) is 7.40. The number of hydrogen-bond acceptors (Lipinski definition) is 14. The van der Waals surface area contributed by atoms with E-state index in [0.29, 0.717) is 32.8 Å². The summed E-state index contributed by atoms with van der Waals surface area (Å²) in [6.45, 7) is 30.2. The van der Waals surface area contributed by atoms with Crippen LogP contribution in [0.15, 0.2) is 12.2 Å². The molecule has 0 bridgehead atoms. The van der Waals surface area contributed by atoms with Gasteiger partial charge in [-0.1, -0.05) is 101 Å². The van der Waals surface area contributed by atoms with Crippen molar-refractivity contribution in [2.24, 2.45) is 38.4 Å². The maximum atomic E-state index is 13.1. The van der Waals surface area contributed by atoms with Crippen LogP contribution in [0.3, 0.4) is 0 Å². The third-order valence-electron chi connectivity index (χ3n) is 16.2. The molecule has 0 saturated carbocycles. The molecular formula is C48H86O14. The highest BCUT2D eigenvalue weighted by Crippen LogP contribution is 2.64. The van der Waals surface area contributed by atoms with Crippen molar-refractivity contribution in [1.82, 2.24) is 0 Å². The van der Waals surface area contributed by atoms with E-state index < -0.39 is 52.5 Å². The number of carbonyl (C=O) groups is 4. The van der Waals surface area contributed by atoms with Crippen LogP contribution < -0.4 is 0 Å². The van der Waals surface area contributed by atoms with Crippen LogP contribution in [-0.2, 0) is 61.8 Å². The Hall–Kier alpha value is -2.46. The van der Waals surface area contributed by atoms with Gasteiger partial charge < -0.3 is 47.7 Å². The molecule has 0 aromatic carbocycles. The Balaban J connectivity index is 0.000000589. The Kier molecular flexibility index (Phi) is 21.9. The molecule has 3 aliphatic rings. The first-order chi connectivity index (χ1) is 28.6. The van der Waals surface area contributed by atoms with Crippen LogP contribution in [0, 0.1) is 38.4 Å². The van der Waals surface area contributed by atoms with Crippen molar-refractivity contribution >= 4 is 23.9 Å². The minimum atomic E-state index is -0.608. The van der Waals surface area contributed by atoms with Crippen molar-refractivity contribution in [3.05, 3.63) is 12.2 Å². The summed E-state index contributed by atoms with van der Waals surface area (Å²) < 4.78 is 49.8. The van der Waals surface area contributed by atoms with Crippen LogP contribution in [0.1, 0.15) is 135 Å². The van der Waals surface area contributed by atoms with Gasteiger partial charge in [0, 0.05) is 50.1 Å². The van der Waals surface area contributed by atoms with E-state index in [1.54, 1.807) is 28.4 Å². The van der Waals surface area contributed by atoms with Crippen molar-refractivity contribution in [2.75, 3.05) is 75.2 Å². The van der Waals surface area contributed by atoms with Crippen molar-refractivity contribution in [2.45, 2.75) is 158 Å². The van der Waals surface area contributed by atoms with E-state index in [-0.39, 0.29) is 65.7 Å². The fraction of sp³-hybridized carbons (Fsp3) is 0.875. The number of cyclic esters (lactones) is 2. The average molecular weight is 887 g/mol. The molecule has 3 heterocycles. The number of rotatable bonds is 19. The fourth-order valence-corrected chi connectivity index (χ4v) is 9.28. The van der Waals surface area contributed by atoms with Crippen LogP contribution in [0.2, 0.25) is 0 Å². The molecule has 3 saturated heterocycles. The molecule has 0 aromatic rings. The molecule has 0 radical (unpaired) electrons. The summed E-state index contributed by atoms with van der Waals surface area (Å²) in [4.78, 5) is 45.1. The highest BCUT2D eigenvalue weighted by molar-refractivity contribution is 5.92. The smallest absolute Gasteiger partial charge is 0.314 e. The molecule has 14 nitrogen and oxygen atoms in total. The summed E-state index contributed by atoms with van der Waals surface area (Å²) in [7, 11) is 8.06. The van der Waals surface area contributed by atoms with Crippen molar-refractivity contribution < 1.29 is 66.9 Å². The number of allylic oxidation sites excluding steroid dienone is 2. The Morgan fingerprint density at radius 2 is 1.11 bits per heavy atom. The molecule has 7 atom stereocenters. The van der Waals surface area contributed by atoms with Gasteiger partial charge in [-0.2, -0.15) is 0 Å². The van der Waals surface area contributed by atoms with Gasteiger partial charge in [-0.3, -0.25) is 19.2 Å². The quantitative estimate of drug-likeness (QED) is 0.0440. The Labute approximate surface area is 374 Å². The van der Waals surface area contributed by atoms with Crippen LogP contribution >= 0.6 is 0 Å². The van der Waals surface area contributed by atoms with Crippen molar-refractivity contribution in [3.8, 4) is 0 Å². The van der Waals surface area contributed by atoms with Gasteiger partial charge in [0.25, 0.3) is 0 Å². The van der Waals surface area contributed by atoms with Crippen LogP contribution in [0.4, 0.5) is 0 Å². The summed E-state index contributed by atoms with van der Waals surface area (Å²) >= 11 is 0. The fourth-order valence-electron chi connectivity index (χ4n) is 9.28. The first-order valence-electron chi connectivity index (χ1n) is 22.1. The van der Waals surface area contributed by atoms with Gasteiger partial charge in [0.05, 0.1) is 82.6 Å². The van der Waals surface area contributed by atoms with Crippen LogP contribution in [0.25, 0.3) is 0 Å². The first kappa shape index (κ1) is 57.6. The number of aliphatic hydroxyl groups is 1. The van der Waals surface area contributed by atoms with Crippen molar-refractivity contribution in [3.63, 3.8) is 0 Å². The van der Waals surface area contributed by atoms with Crippen LogP contribution in [-0.4, -0.2) is 128 Å². The summed E-state index contributed by atoms with van der Waals surface area (Å²) in [5.41, 5.74) is -2.56. The van der Waals surface area contributed by atoms with Gasteiger partial charge in [-0.15, -0.1) is 0 Å². The number of esters is 4. The monoisotopic (exact) mass is 887 g/mol. The van der Waals surface area contributed by atoms with Gasteiger partial charge >= 0.3 is 23.9 Å². The Morgan fingerprint density at radius 3 is 1.48 bits per heavy atom. The minimum Gasteiger partial charge on any atom is -0.469 e. The number of carbonyl (C=O) groups excluding carboxylic acids is 4. The van der Waals surface area contributed by atoms with E-state index in [1.807, 2.05) is 6.08 Å². The van der Waals surface area contributed by atoms with E-state index >= 15 is 0 Å². The topological polar surface area (TPSA) is 172 Å². The molecule has 0 aliphatic carbocycles. The normalized spacial score (nSPS) is 31.2. The lowest BCUT2D eigenvalue weighted by Crippen LogP contribution is -2.71. The second-order valence-electron chi connectivity index (χ2n) is 20.2. The minimum absolute atomic E-state index is 0.0152. The standard InChI is InChI=1S/C28H50O7.C16H32O4.C4H4O3/c1-11-12-13-14-15-16-21(17-23(29)33-10)24(30)34-18-22-27(6,19-31-8)25(2,3)26(4,5)28(7,35-22)20-32-9;1-13(2)14(3,4)16(6,11-19-8)20-12(9-17)15(13,5)10-18-7;5-3-1-2-4(6)7-3/h14-15,21-22H,11-13,16-20H2,1-10H3;12,17H,9-11H2,1-8H3;1-2H2. The lowest BCUT2D eigenvalue weighted by Gasteiger charge is -2.66. The molecule has 3 rings (SSSR count). The molecule has 0 amide bonds. The molecule has 0 aromatic heterocycles. The summed E-state index contributed by atoms with van der Waals surface area (Å²) in [5.74, 6) is -2.25. The molecule has 3 aliphatic heterocycles. The predicted molar refractivity (Wildman–Crippen MR) is 237 cm³/mol. The number of ether oxygens (including phenoxy) is 9. The van der Waals surface area contributed by atoms with Crippen molar-refractivity contribution in [1.29, 1.82) is 0 Å². The SMILES string of the molecule is CCCCC=CCC(CC(=O)OC)C(=O)OCC1OC(C)(COC)C(C)(C)C(C)(C)C1(C)COC.COCC1(C)OC(CO)C(C)(COC)C(C)(C)C1(C)C.O=C1CCC(=O)O1. The van der Waals surface area contributed by atoms with Gasteiger partial charge in [0.2, 0.25) is 0 Å². The number of hydrogen-bond donors (Lipinski definition) is 1. The molecule has 362 valence electrons. The van der Waals surface area contributed by atoms with E-state index in [2.05, 4.69) is 101 Å². The zero-order valence-electron chi connectivity index (χ0n) is 41.8. The van der Waals surface area contributed by atoms with Crippen LogP contribution in [0.5, 0.6) is 0 Å². The zero-order valence-corrected chi connectivity index (χ0v) is 41.8. The average Bonchev–Trinajstić information content (AvgIpc) is 3.58. The second-order valence-corrected chi connectivity index (χ2v) is 20.2. The highest BCUT2D eigenvalue weighted by Gasteiger charge is 2.67. The van der Waals surface area contributed by atoms with E-state index in [1.165, 1.54) is 7.11 Å². The zero-order chi connectivity index (χ0) is 48.0. The molecule has 62 heavy (non-hydrogen) atoms. The van der Waals surface area contributed by atoms with Gasteiger partial charge in [-0.25, -0.2) is 0 Å². The highest BCUT2D eigenvalue weighted by atomic mass is 16.6. The molecule has 3 fully saturated rings. The maximum Gasteiger partial charge on any atom is 0.314 e. The molecule has 7 unspecified atom stereocenters. The summed E-state index contributed by atoms with van der Waals surface area (Å²) in [5, 5.41) is 9.83. The lowest BCUT2D eigenvalue weighted by atomic mass is 9.46. The molecule has 14 heteroatoms. The molecule has 1 N–H and O–H groups in total. The Bertz CT molecular complexity index is 1460. The van der Waals surface area contributed by atoms with E-state index in [4.69, 9.17) is 37.9 Å². The second kappa shape index (κ2) is 23.6.